The second kappa shape index (κ2) is 9.45. The number of carboxylic acid groups (broad SMARTS) is 2. The molecule has 2 amide bonds. The number of rotatable bonds is 10. The molecule has 5 N–H and O–H groups in total. The van der Waals surface area contributed by atoms with E-state index in [9.17, 15) is 29.1 Å². The zero-order chi connectivity index (χ0) is 22.6. The monoisotopic (exact) mass is 445 g/mol. The van der Waals surface area contributed by atoms with E-state index in [4.69, 9.17) is 20.3 Å². The van der Waals surface area contributed by atoms with Crippen molar-refractivity contribution in [3.8, 4) is 0 Å². The second-order valence-electron chi connectivity index (χ2n) is 6.70. The van der Waals surface area contributed by atoms with E-state index < -0.39 is 46.9 Å². The van der Waals surface area contributed by atoms with Crippen LogP contribution in [0.15, 0.2) is 11.3 Å². The lowest BCUT2D eigenvalue weighted by Crippen LogP contribution is -2.80. The maximum Gasteiger partial charge on any atom is 0.352 e. The third-order valence-electron chi connectivity index (χ3n) is 4.65. The van der Waals surface area contributed by atoms with Crippen molar-refractivity contribution < 1.29 is 43.7 Å². The van der Waals surface area contributed by atoms with Gasteiger partial charge in [0.1, 0.15) is 23.7 Å². The standard InChI is InChI=1S/C17H23N3O9S/c1-8(21)29-6-9-7-30-16-17(28-2,15(27)20(16)12(9)14(25)26)19-11(22)5-3-4-10(18)13(23)24/h10,16H,3-7,18H2,1-2H3,(H,19,22)(H,23,24)(H,25,26)/t10?,16?,17-/m0/s1. The summed E-state index contributed by atoms with van der Waals surface area (Å²) < 4.78 is 10.2. The highest BCUT2D eigenvalue weighted by molar-refractivity contribution is 8.00. The van der Waals surface area contributed by atoms with Gasteiger partial charge in [-0.25, -0.2) is 4.79 Å². The largest absolute Gasteiger partial charge is 0.480 e. The van der Waals surface area contributed by atoms with Gasteiger partial charge >= 0.3 is 17.9 Å². The van der Waals surface area contributed by atoms with Crippen LogP contribution in [0.2, 0.25) is 0 Å². The van der Waals surface area contributed by atoms with Gasteiger partial charge in [0.2, 0.25) is 5.91 Å². The van der Waals surface area contributed by atoms with E-state index >= 15 is 0 Å². The zero-order valence-corrected chi connectivity index (χ0v) is 17.2. The van der Waals surface area contributed by atoms with Crippen LogP contribution in [0.4, 0.5) is 0 Å². The van der Waals surface area contributed by atoms with Gasteiger partial charge in [-0.2, -0.15) is 0 Å². The molecule has 0 saturated carbocycles. The Labute approximate surface area is 175 Å². The maximum absolute atomic E-state index is 12.8. The lowest BCUT2D eigenvalue weighted by molar-refractivity contribution is -0.192. The Bertz CT molecular complexity index is 799. The van der Waals surface area contributed by atoms with Crippen LogP contribution < -0.4 is 11.1 Å². The fraction of sp³-hybridized carbons (Fsp3) is 0.588. The van der Waals surface area contributed by atoms with Crippen molar-refractivity contribution >= 4 is 41.5 Å². The van der Waals surface area contributed by atoms with Gasteiger partial charge < -0.3 is 30.7 Å². The predicted molar refractivity (Wildman–Crippen MR) is 102 cm³/mol. The van der Waals surface area contributed by atoms with Crippen molar-refractivity contribution in [2.75, 3.05) is 19.5 Å². The molecule has 13 heteroatoms. The van der Waals surface area contributed by atoms with Crippen molar-refractivity contribution in [1.29, 1.82) is 0 Å². The molecule has 0 spiro atoms. The molecule has 0 aromatic heterocycles. The number of methoxy groups -OCH3 is 1. The Hall–Kier alpha value is -2.64. The number of ether oxygens (including phenoxy) is 2. The Morgan fingerprint density at radius 2 is 2.03 bits per heavy atom. The van der Waals surface area contributed by atoms with Crippen molar-refractivity contribution in [2.24, 2.45) is 5.73 Å². The summed E-state index contributed by atoms with van der Waals surface area (Å²) in [4.78, 5) is 59.6. The fourth-order valence-corrected chi connectivity index (χ4v) is 4.54. The first-order chi connectivity index (χ1) is 14.0. The average Bonchev–Trinajstić information content (AvgIpc) is 2.68. The molecule has 1 saturated heterocycles. The first-order valence-corrected chi connectivity index (χ1v) is 9.98. The third kappa shape index (κ3) is 4.57. The summed E-state index contributed by atoms with van der Waals surface area (Å²) >= 11 is 1.16. The predicted octanol–water partition coefficient (Wildman–Crippen LogP) is -1.16. The molecular formula is C17H23N3O9S. The fourth-order valence-electron chi connectivity index (χ4n) is 3.12. The van der Waals surface area contributed by atoms with E-state index in [1.54, 1.807) is 0 Å². The Kier molecular flexibility index (Phi) is 7.44. The summed E-state index contributed by atoms with van der Waals surface area (Å²) in [5, 5.41) is 20.0. The van der Waals surface area contributed by atoms with E-state index in [-0.39, 0.29) is 42.9 Å². The number of amides is 2. The molecular weight excluding hydrogens is 422 g/mol. The number of nitrogens with zero attached hydrogens (tertiary/aromatic N) is 1. The number of carboxylic acids is 2. The molecule has 2 unspecified atom stereocenters. The van der Waals surface area contributed by atoms with Crippen LogP contribution in [-0.2, 0) is 33.4 Å². The highest BCUT2D eigenvalue weighted by Crippen LogP contribution is 2.46. The molecule has 0 aliphatic carbocycles. The molecule has 0 aromatic carbocycles. The summed E-state index contributed by atoms with van der Waals surface area (Å²) in [6.07, 6.45) is 0.171. The van der Waals surface area contributed by atoms with Gasteiger partial charge in [-0.3, -0.25) is 24.1 Å². The number of esters is 1. The van der Waals surface area contributed by atoms with Crippen LogP contribution in [0.1, 0.15) is 26.2 Å². The van der Waals surface area contributed by atoms with Gasteiger partial charge in [0.25, 0.3) is 11.6 Å². The highest BCUT2D eigenvalue weighted by Gasteiger charge is 2.66. The summed E-state index contributed by atoms with van der Waals surface area (Å²) in [5.41, 5.74) is 3.59. The molecule has 2 aliphatic rings. The SMILES string of the molecule is CO[C@@]1(NC(=O)CCCC(N)C(=O)O)C(=O)N2C(C(=O)O)=C(COC(C)=O)CSC21. The van der Waals surface area contributed by atoms with Crippen LogP contribution in [0.5, 0.6) is 0 Å². The van der Waals surface area contributed by atoms with Crippen molar-refractivity contribution in [1.82, 2.24) is 10.2 Å². The average molecular weight is 445 g/mol. The maximum atomic E-state index is 12.8. The number of aliphatic carboxylic acids is 2. The Morgan fingerprint density at radius 3 is 2.57 bits per heavy atom. The number of hydrogen-bond acceptors (Lipinski definition) is 9. The number of carbonyl (C=O) groups is 5. The number of nitrogens with two attached hydrogens (primary N) is 1. The van der Waals surface area contributed by atoms with E-state index in [1.165, 1.54) is 14.0 Å². The van der Waals surface area contributed by atoms with Gasteiger partial charge in [0.05, 0.1) is 0 Å². The van der Waals surface area contributed by atoms with Crippen molar-refractivity contribution in [2.45, 2.75) is 43.3 Å². The van der Waals surface area contributed by atoms with Gasteiger partial charge in [-0.05, 0) is 12.8 Å². The van der Waals surface area contributed by atoms with E-state index in [0.29, 0.717) is 0 Å². The normalized spacial score (nSPS) is 23.9. The van der Waals surface area contributed by atoms with E-state index in [0.717, 1.165) is 16.7 Å². The molecule has 12 nitrogen and oxygen atoms in total. The van der Waals surface area contributed by atoms with Crippen molar-refractivity contribution in [3.63, 3.8) is 0 Å². The second-order valence-corrected chi connectivity index (χ2v) is 7.77. The zero-order valence-electron chi connectivity index (χ0n) is 16.4. The first kappa shape index (κ1) is 23.6. The number of thioether (sulfide) groups is 1. The van der Waals surface area contributed by atoms with E-state index in [1.807, 2.05) is 0 Å². The summed E-state index contributed by atoms with van der Waals surface area (Å²) in [6, 6.07) is -1.09. The number of hydrogen-bond donors (Lipinski definition) is 4. The molecule has 166 valence electrons. The quantitative estimate of drug-likeness (QED) is 0.181. The molecule has 0 radical (unpaired) electrons. The van der Waals surface area contributed by atoms with Crippen LogP contribution in [0.25, 0.3) is 0 Å². The highest BCUT2D eigenvalue weighted by atomic mass is 32.2. The van der Waals surface area contributed by atoms with Crippen LogP contribution in [0.3, 0.4) is 0 Å². The molecule has 3 atom stereocenters. The summed E-state index contributed by atoms with van der Waals surface area (Å²) in [6.45, 7) is 0.917. The molecule has 2 aliphatic heterocycles. The topological polar surface area (TPSA) is 186 Å². The molecule has 2 heterocycles. The molecule has 0 aromatic rings. The minimum atomic E-state index is -1.75. The smallest absolute Gasteiger partial charge is 0.352 e. The summed E-state index contributed by atoms with van der Waals surface area (Å²) in [5.74, 6) is -4.31. The minimum Gasteiger partial charge on any atom is -0.480 e. The number of β-lactam (4-membered cyclic amide) rings is 1. The Balaban J connectivity index is 2.11. The number of nitrogens with one attached hydrogen (secondary N) is 1. The minimum absolute atomic E-state index is 0.0758. The third-order valence-corrected chi connectivity index (χ3v) is 6.02. The number of fused-ring (bicyclic) bond motifs is 1. The van der Waals surface area contributed by atoms with Crippen molar-refractivity contribution in [3.05, 3.63) is 11.3 Å². The lowest BCUT2D eigenvalue weighted by Gasteiger charge is -2.55. The molecule has 30 heavy (non-hydrogen) atoms. The number of carbonyl (C=O) groups excluding carboxylic acids is 3. The molecule has 1 fully saturated rings. The van der Waals surface area contributed by atoms with Crippen LogP contribution >= 0.6 is 11.8 Å². The summed E-state index contributed by atoms with van der Waals surface area (Å²) in [7, 11) is 1.22. The first-order valence-electron chi connectivity index (χ1n) is 8.93. The van der Waals surface area contributed by atoms with Gasteiger partial charge in [0.15, 0.2) is 0 Å². The van der Waals surface area contributed by atoms with Gasteiger partial charge in [-0.15, -0.1) is 11.8 Å². The molecule has 0 bridgehead atoms. The van der Waals surface area contributed by atoms with E-state index in [2.05, 4.69) is 5.32 Å². The molecule has 2 rings (SSSR count). The lowest BCUT2D eigenvalue weighted by atomic mass is 9.97. The van der Waals surface area contributed by atoms with Gasteiger partial charge in [-0.1, -0.05) is 0 Å². The van der Waals surface area contributed by atoms with Gasteiger partial charge in [0, 0.05) is 31.8 Å². The van der Waals surface area contributed by atoms with Crippen LogP contribution in [0, 0.1) is 0 Å². The van der Waals surface area contributed by atoms with Crippen LogP contribution in [-0.4, -0.2) is 81.4 Å². The Morgan fingerprint density at radius 1 is 1.37 bits per heavy atom.